The minimum atomic E-state index is -3.83. The van der Waals surface area contributed by atoms with E-state index in [0.717, 1.165) is 48.6 Å². The summed E-state index contributed by atoms with van der Waals surface area (Å²) in [5, 5.41) is 4.98. The maximum absolute atomic E-state index is 13.9. The molecule has 0 unspecified atom stereocenters. The summed E-state index contributed by atoms with van der Waals surface area (Å²) < 4.78 is 65.9. The zero-order chi connectivity index (χ0) is 33.7. The van der Waals surface area contributed by atoms with Gasteiger partial charge in [0.25, 0.3) is 0 Å². The number of sulfone groups is 1. The van der Waals surface area contributed by atoms with Gasteiger partial charge >= 0.3 is 12.1 Å². The topological polar surface area (TPSA) is 137 Å². The second-order valence-electron chi connectivity index (χ2n) is 12.2. The first-order valence-electron chi connectivity index (χ1n) is 16.3. The first-order valence-corrected chi connectivity index (χ1v) is 18.0. The van der Waals surface area contributed by atoms with Crippen molar-refractivity contribution in [3.63, 3.8) is 0 Å². The first-order chi connectivity index (χ1) is 21.9. The number of alkyl carbamates (subject to hydrolysis) is 1. The average molecular weight is 666 g/mol. The van der Waals surface area contributed by atoms with Crippen molar-refractivity contribution < 1.29 is 36.3 Å². The highest BCUT2D eigenvalue weighted by molar-refractivity contribution is 7.92. The molecule has 3 rings (SSSR count). The number of aryl methyl sites for hydroxylation is 1. The van der Waals surface area contributed by atoms with Crippen LogP contribution in [0.4, 0.5) is 13.6 Å². The number of halogens is 2. The highest BCUT2D eigenvalue weighted by Crippen LogP contribution is 2.28. The van der Waals surface area contributed by atoms with E-state index in [1.54, 1.807) is 0 Å². The van der Waals surface area contributed by atoms with Crippen molar-refractivity contribution in [3.8, 4) is 0 Å². The molecule has 0 bridgehead atoms. The van der Waals surface area contributed by atoms with Crippen LogP contribution in [0.15, 0.2) is 42.5 Å². The number of benzene rings is 2. The smallest absolute Gasteiger partial charge is 0.407 e. The van der Waals surface area contributed by atoms with Gasteiger partial charge in [-0.05, 0) is 73.3 Å². The molecule has 0 spiro atoms. The number of carbonyl (C=O) groups is 2. The molecular weight excluding hydrogens is 616 g/mol. The molecule has 0 aromatic heterocycles. The quantitative estimate of drug-likeness (QED) is 0.169. The van der Waals surface area contributed by atoms with Gasteiger partial charge < -0.3 is 25.8 Å². The Bertz CT molecular complexity index is 1360. The van der Waals surface area contributed by atoms with Crippen LogP contribution in [0.25, 0.3) is 0 Å². The number of amides is 1. The molecule has 2 aromatic carbocycles. The van der Waals surface area contributed by atoms with E-state index in [1.807, 2.05) is 38.1 Å². The van der Waals surface area contributed by atoms with E-state index in [9.17, 15) is 26.8 Å². The van der Waals surface area contributed by atoms with Gasteiger partial charge in [-0.3, -0.25) is 0 Å². The van der Waals surface area contributed by atoms with Crippen LogP contribution in [0, 0.1) is 17.6 Å². The van der Waals surface area contributed by atoms with Crippen LogP contribution in [-0.2, 0) is 43.5 Å². The Morgan fingerprint density at radius 2 is 1.63 bits per heavy atom. The van der Waals surface area contributed by atoms with Gasteiger partial charge in [-0.2, -0.15) is 0 Å². The fraction of sp³-hybridized carbons (Fsp3) is 0.588. The van der Waals surface area contributed by atoms with Crippen LogP contribution in [-0.4, -0.2) is 62.8 Å². The summed E-state index contributed by atoms with van der Waals surface area (Å²) in [5.41, 5.74) is 8.89. The number of hydrogen-bond donors (Lipinski definition) is 3. The maximum Gasteiger partial charge on any atom is 0.407 e. The van der Waals surface area contributed by atoms with E-state index >= 15 is 0 Å². The minimum absolute atomic E-state index is 0.0332. The SMILES string of the molecule is CCCC(CCC)S(=O)(=O)C[C@@H](NC(=O)OCC1CC1)C(=O)O[C@H](CNCc1cccc(CC)c1)[C@@H](N)Cc1cc(F)cc(F)c1. The van der Waals surface area contributed by atoms with Gasteiger partial charge in [0.2, 0.25) is 0 Å². The molecule has 1 aliphatic rings. The monoisotopic (exact) mass is 665 g/mol. The van der Waals surface area contributed by atoms with E-state index in [1.165, 1.54) is 0 Å². The van der Waals surface area contributed by atoms with E-state index < -0.39 is 62.7 Å². The number of hydrogen-bond acceptors (Lipinski definition) is 8. The van der Waals surface area contributed by atoms with Crippen LogP contribution in [0.1, 0.15) is 76.0 Å². The third-order valence-electron chi connectivity index (χ3n) is 8.06. The summed E-state index contributed by atoms with van der Waals surface area (Å²) in [6.07, 6.45) is 2.88. The van der Waals surface area contributed by atoms with Gasteiger partial charge in [-0.15, -0.1) is 0 Å². The number of nitrogens with two attached hydrogens (primary N) is 1. The molecule has 12 heteroatoms. The molecular formula is C34H49F2N3O6S. The summed E-state index contributed by atoms with van der Waals surface area (Å²) in [6, 6.07) is 8.55. The van der Waals surface area contributed by atoms with Gasteiger partial charge in [0, 0.05) is 25.2 Å². The van der Waals surface area contributed by atoms with Crippen molar-refractivity contribution >= 4 is 21.9 Å². The highest BCUT2D eigenvalue weighted by Gasteiger charge is 2.36. The number of ether oxygens (including phenoxy) is 2. The standard InChI is InChI=1S/C34H49F2N3O6S/c1-4-8-29(9-5-2)46(42,43)22-31(39-34(41)44-21-24-12-13-24)33(40)45-32(20-38-19-25-11-7-10-23(6-3)14-25)30(37)17-26-15-27(35)18-28(36)16-26/h7,10-11,14-16,18,24,29-32,38H,4-6,8-9,12-13,17,19-22,37H2,1-3H3,(H,39,41)/t30-,31+,32+/m0/s1. The molecule has 1 aliphatic carbocycles. The zero-order valence-electron chi connectivity index (χ0n) is 27.1. The molecule has 46 heavy (non-hydrogen) atoms. The molecule has 256 valence electrons. The number of rotatable bonds is 20. The summed E-state index contributed by atoms with van der Waals surface area (Å²) in [5.74, 6) is -2.92. The van der Waals surface area contributed by atoms with Gasteiger partial charge in [0.15, 0.2) is 9.84 Å². The van der Waals surface area contributed by atoms with Crippen molar-refractivity contribution in [1.82, 2.24) is 10.6 Å². The lowest BCUT2D eigenvalue weighted by atomic mass is 10.0. The summed E-state index contributed by atoms with van der Waals surface area (Å²) >= 11 is 0. The van der Waals surface area contributed by atoms with Gasteiger partial charge in [-0.1, -0.05) is 57.9 Å². The Morgan fingerprint density at radius 1 is 0.978 bits per heavy atom. The summed E-state index contributed by atoms with van der Waals surface area (Å²) in [7, 11) is -3.83. The van der Waals surface area contributed by atoms with E-state index in [0.29, 0.717) is 32.2 Å². The predicted molar refractivity (Wildman–Crippen MR) is 174 cm³/mol. The Labute approximate surface area is 271 Å². The number of carbonyl (C=O) groups excluding carboxylic acids is 2. The van der Waals surface area contributed by atoms with Crippen LogP contribution in [0.2, 0.25) is 0 Å². The van der Waals surface area contributed by atoms with Gasteiger partial charge in [-0.25, -0.2) is 26.8 Å². The van der Waals surface area contributed by atoms with Crippen molar-refractivity contribution in [3.05, 3.63) is 70.8 Å². The van der Waals surface area contributed by atoms with Crippen LogP contribution in [0.3, 0.4) is 0 Å². The van der Waals surface area contributed by atoms with Crippen LogP contribution >= 0.6 is 0 Å². The van der Waals surface area contributed by atoms with Crippen LogP contribution in [0.5, 0.6) is 0 Å². The molecule has 1 saturated carbocycles. The summed E-state index contributed by atoms with van der Waals surface area (Å²) in [6.45, 7) is 6.48. The lowest BCUT2D eigenvalue weighted by molar-refractivity contribution is -0.151. The predicted octanol–water partition coefficient (Wildman–Crippen LogP) is 4.99. The highest BCUT2D eigenvalue weighted by atomic mass is 32.2. The van der Waals surface area contributed by atoms with Crippen molar-refractivity contribution in [2.75, 3.05) is 18.9 Å². The van der Waals surface area contributed by atoms with Gasteiger partial charge in [0.1, 0.15) is 23.8 Å². The Kier molecular flexibility index (Phi) is 14.9. The lowest BCUT2D eigenvalue weighted by Crippen LogP contribution is -2.52. The first kappa shape index (κ1) is 37.4. The third-order valence-corrected chi connectivity index (χ3v) is 10.3. The molecule has 1 amide bonds. The molecule has 0 radical (unpaired) electrons. The second kappa shape index (κ2) is 18.3. The molecule has 9 nitrogen and oxygen atoms in total. The van der Waals surface area contributed by atoms with Gasteiger partial charge in [0.05, 0.1) is 17.6 Å². The van der Waals surface area contributed by atoms with Crippen molar-refractivity contribution in [2.45, 2.75) is 102 Å². The average Bonchev–Trinajstić information content (AvgIpc) is 3.83. The molecule has 3 atom stereocenters. The maximum atomic E-state index is 13.9. The number of nitrogens with one attached hydrogen (secondary N) is 2. The van der Waals surface area contributed by atoms with Crippen molar-refractivity contribution in [2.24, 2.45) is 11.7 Å². The number of esters is 1. The zero-order valence-corrected chi connectivity index (χ0v) is 27.9. The Hall–Kier alpha value is -3.09. The minimum Gasteiger partial charge on any atom is -0.458 e. The lowest BCUT2D eigenvalue weighted by Gasteiger charge is -2.28. The Morgan fingerprint density at radius 3 is 2.24 bits per heavy atom. The van der Waals surface area contributed by atoms with E-state index in [2.05, 4.69) is 17.6 Å². The third kappa shape index (κ3) is 12.6. The van der Waals surface area contributed by atoms with E-state index in [-0.39, 0.29) is 31.1 Å². The molecule has 0 heterocycles. The van der Waals surface area contributed by atoms with Crippen LogP contribution < -0.4 is 16.4 Å². The largest absolute Gasteiger partial charge is 0.458 e. The normalized spacial score (nSPS) is 15.3. The molecule has 0 saturated heterocycles. The molecule has 4 N–H and O–H groups in total. The summed E-state index contributed by atoms with van der Waals surface area (Å²) in [4.78, 5) is 26.3. The molecule has 1 fully saturated rings. The fourth-order valence-electron chi connectivity index (χ4n) is 5.31. The van der Waals surface area contributed by atoms with Crippen molar-refractivity contribution in [1.29, 1.82) is 0 Å². The van der Waals surface area contributed by atoms with E-state index in [4.69, 9.17) is 15.2 Å². The fourth-order valence-corrected chi connectivity index (χ4v) is 7.45. The second-order valence-corrected chi connectivity index (χ2v) is 14.5. The molecule has 0 aliphatic heterocycles. The Balaban J connectivity index is 1.82. The molecule has 2 aromatic rings.